The molecule has 3 saturated heterocycles. The predicted molar refractivity (Wildman–Crippen MR) is 203 cm³/mol. The van der Waals surface area contributed by atoms with Gasteiger partial charge in [-0.3, -0.25) is 9.69 Å². The first-order chi connectivity index (χ1) is 24.8. The molecule has 3 heterocycles. The van der Waals surface area contributed by atoms with E-state index in [9.17, 15) is 9.59 Å². The van der Waals surface area contributed by atoms with E-state index in [0.29, 0.717) is 17.2 Å². The van der Waals surface area contributed by atoms with Crippen LogP contribution in [-0.4, -0.2) is 85.2 Å². The number of anilines is 1. The van der Waals surface area contributed by atoms with Crippen LogP contribution in [0.5, 0.6) is 0 Å². The Morgan fingerprint density at radius 3 is 2.44 bits per heavy atom. The molecule has 3 aromatic carbocycles. The molecule has 0 unspecified atom stereocenters. The number of aryl methyl sites for hydroxylation is 1. The summed E-state index contributed by atoms with van der Waals surface area (Å²) in [4.78, 5) is 29.8. The van der Waals surface area contributed by atoms with E-state index in [-0.39, 0.29) is 18.5 Å². The van der Waals surface area contributed by atoms with E-state index in [2.05, 4.69) is 50.9 Å². The van der Waals surface area contributed by atoms with Crippen LogP contribution in [0.1, 0.15) is 86.5 Å². The summed E-state index contributed by atoms with van der Waals surface area (Å²) in [7, 11) is 0. The fourth-order valence-electron chi connectivity index (χ4n) is 7.59. The first kappa shape index (κ1) is 37.6. The summed E-state index contributed by atoms with van der Waals surface area (Å²) >= 11 is 0. The molecule has 10 heteroatoms. The number of halogens is 2. The summed E-state index contributed by atoms with van der Waals surface area (Å²) in [5, 5.41) is 11.6. The second-order valence-electron chi connectivity index (χ2n) is 15.8. The Morgan fingerprint density at radius 1 is 1.02 bits per heavy atom. The number of fused-ring (bicyclic) bond motifs is 1. The molecule has 3 aliphatic rings. The third kappa shape index (κ3) is 9.23. The molecule has 3 fully saturated rings. The minimum atomic E-state index is -3.18. The number of ether oxygens (including phenoxy) is 1. The van der Waals surface area contributed by atoms with Crippen LogP contribution >= 0.6 is 0 Å². The number of piperidine rings is 2. The second kappa shape index (κ2) is 15.8. The third-order valence-corrected chi connectivity index (χ3v) is 10.5. The molecule has 0 aliphatic carbocycles. The summed E-state index contributed by atoms with van der Waals surface area (Å²) in [6, 6.07) is 15.6. The standard InChI is InChI=1S/C42H53F2N5O3/c1-28-10-14-33(47-38-26-49(27-42(38,43)44)40(51)52-41(3,4)5)24-37(28)39(50)46-29(2)34-15-13-32(35-8-6-7-9-36(34)35)12-11-30-18-22-48(23-19-30)25-31-16-20-45-21-17-31/h6-10,13-15,24,29-31,38,45,47H,16-23,25-27H2,1-5H3,(H,46,50)/t29-,38-/m1/s1. The van der Waals surface area contributed by atoms with Gasteiger partial charge in [0.25, 0.3) is 11.8 Å². The van der Waals surface area contributed by atoms with Crippen LogP contribution in [0, 0.1) is 30.6 Å². The largest absolute Gasteiger partial charge is 0.444 e. The van der Waals surface area contributed by atoms with Gasteiger partial charge in [-0.1, -0.05) is 48.2 Å². The van der Waals surface area contributed by atoms with Gasteiger partial charge in [0.1, 0.15) is 11.6 Å². The molecule has 0 bridgehead atoms. The van der Waals surface area contributed by atoms with E-state index < -0.39 is 30.2 Å². The number of hydrogen-bond donors (Lipinski definition) is 3. The van der Waals surface area contributed by atoms with Crippen LogP contribution < -0.4 is 16.0 Å². The lowest BCUT2D eigenvalue weighted by molar-refractivity contribution is -0.00635. The third-order valence-electron chi connectivity index (χ3n) is 10.5. The highest BCUT2D eigenvalue weighted by Crippen LogP contribution is 2.32. The lowest BCUT2D eigenvalue weighted by Crippen LogP contribution is -2.40. The summed E-state index contributed by atoms with van der Waals surface area (Å²) in [6.45, 7) is 13.6. The van der Waals surface area contributed by atoms with Crippen molar-refractivity contribution in [2.24, 2.45) is 11.8 Å². The molecule has 8 nitrogen and oxygen atoms in total. The maximum Gasteiger partial charge on any atom is 0.410 e. The van der Waals surface area contributed by atoms with Crippen LogP contribution in [0.25, 0.3) is 10.8 Å². The molecule has 3 aliphatic heterocycles. The van der Waals surface area contributed by atoms with Crippen molar-refractivity contribution in [3.8, 4) is 11.8 Å². The Morgan fingerprint density at radius 2 is 1.73 bits per heavy atom. The Hall–Kier alpha value is -4.20. The van der Waals surface area contributed by atoms with Crippen molar-refractivity contribution in [3.63, 3.8) is 0 Å². The highest BCUT2D eigenvalue weighted by molar-refractivity contribution is 5.97. The van der Waals surface area contributed by atoms with Crippen molar-refractivity contribution in [1.29, 1.82) is 0 Å². The number of benzene rings is 3. The molecule has 3 aromatic rings. The first-order valence-corrected chi connectivity index (χ1v) is 18.8. The van der Waals surface area contributed by atoms with Gasteiger partial charge in [0, 0.05) is 29.3 Å². The number of hydrogen-bond acceptors (Lipinski definition) is 6. The SMILES string of the molecule is Cc1ccc(N[C@@H]2CN(C(=O)OC(C)(C)C)CC2(F)F)cc1C(=O)N[C@H](C)c1ccc(C#CC2CCN(CC3CCNCC3)CC2)c2ccccc12. The quantitative estimate of drug-likeness (QED) is 0.222. The minimum Gasteiger partial charge on any atom is -0.444 e. The normalized spacial score (nSPS) is 20.6. The molecule has 2 amide bonds. The second-order valence-corrected chi connectivity index (χ2v) is 15.8. The molecule has 0 aromatic heterocycles. The molecule has 0 saturated carbocycles. The molecule has 0 radical (unpaired) electrons. The molecular formula is C42H53F2N5O3. The minimum absolute atomic E-state index is 0.223. The molecule has 6 rings (SSSR count). The van der Waals surface area contributed by atoms with Crippen molar-refractivity contribution in [2.75, 3.05) is 51.1 Å². The van der Waals surface area contributed by atoms with Gasteiger partial charge in [-0.05, 0) is 132 Å². The average molecular weight is 714 g/mol. The fraction of sp³-hybridized carbons (Fsp3) is 0.524. The van der Waals surface area contributed by atoms with Crippen molar-refractivity contribution < 1.29 is 23.1 Å². The Bertz CT molecular complexity index is 1820. The van der Waals surface area contributed by atoms with Gasteiger partial charge in [0.05, 0.1) is 19.1 Å². The number of carbonyl (C=O) groups excluding carboxylic acids is 2. The van der Waals surface area contributed by atoms with E-state index in [1.807, 2.05) is 32.0 Å². The zero-order valence-corrected chi connectivity index (χ0v) is 31.2. The smallest absolute Gasteiger partial charge is 0.410 e. The summed E-state index contributed by atoms with van der Waals surface area (Å²) in [5.74, 6) is 4.79. The Kier molecular flexibility index (Phi) is 11.4. The van der Waals surface area contributed by atoms with Gasteiger partial charge in [0.15, 0.2) is 0 Å². The van der Waals surface area contributed by atoms with Crippen LogP contribution in [0.3, 0.4) is 0 Å². The van der Waals surface area contributed by atoms with Crippen molar-refractivity contribution in [1.82, 2.24) is 20.4 Å². The van der Waals surface area contributed by atoms with E-state index >= 15 is 8.78 Å². The number of amides is 2. The maximum atomic E-state index is 15.0. The summed E-state index contributed by atoms with van der Waals surface area (Å²) < 4.78 is 35.3. The lowest BCUT2D eigenvalue weighted by atomic mass is 9.92. The van der Waals surface area contributed by atoms with Crippen LogP contribution in [0.15, 0.2) is 54.6 Å². The van der Waals surface area contributed by atoms with Crippen LogP contribution in [0.4, 0.5) is 19.3 Å². The van der Waals surface area contributed by atoms with E-state index in [0.717, 1.165) is 77.3 Å². The number of nitrogens with one attached hydrogen (secondary N) is 3. The highest BCUT2D eigenvalue weighted by atomic mass is 19.3. The number of nitrogens with zero attached hydrogens (tertiary/aromatic N) is 2. The first-order valence-electron chi connectivity index (χ1n) is 18.8. The Labute approximate surface area is 307 Å². The number of alkyl halides is 2. The fourth-order valence-corrected chi connectivity index (χ4v) is 7.59. The molecule has 52 heavy (non-hydrogen) atoms. The van der Waals surface area contributed by atoms with Crippen LogP contribution in [0.2, 0.25) is 0 Å². The number of likely N-dealkylation sites (tertiary alicyclic amines) is 2. The Balaban J connectivity index is 1.10. The zero-order valence-electron chi connectivity index (χ0n) is 31.2. The lowest BCUT2D eigenvalue weighted by Gasteiger charge is -2.34. The van der Waals surface area contributed by atoms with E-state index in [1.165, 1.54) is 19.4 Å². The number of rotatable bonds is 7. The molecule has 2 atom stereocenters. The van der Waals surface area contributed by atoms with Gasteiger partial charge < -0.3 is 25.6 Å². The van der Waals surface area contributed by atoms with Gasteiger partial charge in [-0.15, -0.1) is 0 Å². The zero-order chi connectivity index (χ0) is 37.0. The van der Waals surface area contributed by atoms with Gasteiger partial charge in [-0.2, -0.15) is 0 Å². The maximum absolute atomic E-state index is 15.0. The predicted octanol–water partition coefficient (Wildman–Crippen LogP) is 7.37. The number of carbonyl (C=O) groups is 2. The summed E-state index contributed by atoms with van der Waals surface area (Å²) in [6.07, 6.45) is 3.97. The van der Waals surface area contributed by atoms with Crippen molar-refractivity contribution in [2.45, 2.75) is 83.9 Å². The molecule has 0 spiro atoms. The monoisotopic (exact) mass is 713 g/mol. The summed E-state index contributed by atoms with van der Waals surface area (Å²) in [5.41, 5.74) is 2.65. The molecule has 278 valence electrons. The molecule has 3 N–H and O–H groups in total. The van der Waals surface area contributed by atoms with Crippen molar-refractivity contribution in [3.05, 3.63) is 76.9 Å². The van der Waals surface area contributed by atoms with Gasteiger partial charge >= 0.3 is 6.09 Å². The topological polar surface area (TPSA) is 85.9 Å². The van der Waals surface area contributed by atoms with Gasteiger partial charge in [0.2, 0.25) is 0 Å². The van der Waals surface area contributed by atoms with Crippen LogP contribution in [-0.2, 0) is 4.74 Å². The van der Waals surface area contributed by atoms with Gasteiger partial charge in [-0.25, -0.2) is 13.6 Å². The van der Waals surface area contributed by atoms with Crippen molar-refractivity contribution >= 4 is 28.5 Å². The van der Waals surface area contributed by atoms with E-state index in [4.69, 9.17) is 4.74 Å². The average Bonchev–Trinajstić information content (AvgIpc) is 3.41. The molecular weight excluding hydrogens is 660 g/mol. The highest BCUT2D eigenvalue weighted by Gasteiger charge is 2.50. The van der Waals surface area contributed by atoms with E-state index in [1.54, 1.807) is 39.0 Å².